The number of allylic oxidation sites excluding steroid dienone is 2. The van der Waals surface area contributed by atoms with Gasteiger partial charge in [0.1, 0.15) is 17.1 Å². The topological polar surface area (TPSA) is 150 Å². The summed E-state index contributed by atoms with van der Waals surface area (Å²) >= 11 is 0. The number of para-hydroxylation sites is 1. The molecular formula is C45H59NO8. The first kappa shape index (κ1) is 39.7. The van der Waals surface area contributed by atoms with Crippen molar-refractivity contribution < 1.29 is 39.2 Å². The molecule has 5 aliphatic carbocycles. The molecule has 4 N–H and O–H groups in total. The number of carboxylic acids is 1. The first-order chi connectivity index (χ1) is 25.1. The fourth-order valence-corrected chi connectivity index (χ4v) is 12.0. The first-order valence-electron chi connectivity index (χ1n) is 19.7. The summed E-state index contributed by atoms with van der Waals surface area (Å²) in [6.45, 7) is 17.2. The Hall–Kier alpha value is -3.98. The Morgan fingerprint density at radius 3 is 2.11 bits per heavy atom. The zero-order valence-electron chi connectivity index (χ0n) is 33.3. The Kier molecular flexibility index (Phi) is 10.0. The van der Waals surface area contributed by atoms with Crippen molar-refractivity contribution in [2.24, 2.45) is 50.2 Å². The lowest BCUT2D eigenvalue weighted by Gasteiger charge is -2.70. The van der Waals surface area contributed by atoms with Gasteiger partial charge in [0.25, 0.3) is 0 Å². The SMILES string of the molecule is CC(=O)Nc1ccc(OC(=O)c2ccccc2O)cc1.CC1(C(=O)O)CCC2(C)CCC3(C)C(=CC(=O)C4C5(C)CCC(O)C(C)(C)C5CCC43C)C2C1. The monoisotopic (exact) mass is 741 g/mol. The molecule has 5 aliphatic rings. The number of esters is 1. The maximum absolute atomic E-state index is 14.2. The van der Waals surface area contributed by atoms with Gasteiger partial charge in [-0.05, 0) is 146 Å². The molecule has 4 saturated carbocycles. The number of phenols is 1. The molecule has 9 nitrogen and oxygen atoms in total. The summed E-state index contributed by atoms with van der Waals surface area (Å²) < 4.78 is 5.13. The number of hydrogen-bond acceptors (Lipinski definition) is 7. The Bertz CT molecular complexity index is 1870. The highest BCUT2D eigenvalue weighted by atomic mass is 16.5. The molecule has 0 heterocycles. The minimum atomic E-state index is -0.711. The number of carbonyl (C=O) groups excluding carboxylic acids is 3. The molecule has 0 bridgehead atoms. The molecule has 0 spiro atoms. The number of hydrogen-bond donors (Lipinski definition) is 4. The summed E-state index contributed by atoms with van der Waals surface area (Å²) in [6, 6.07) is 12.5. The van der Waals surface area contributed by atoms with Gasteiger partial charge in [-0.2, -0.15) is 0 Å². The van der Waals surface area contributed by atoms with Crippen LogP contribution < -0.4 is 10.1 Å². The molecule has 2 aromatic carbocycles. The molecule has 7 rings (SSSR count). The van der Waals surface area contributed by atoms with E-state index in [1.165, 1.54) is 24.6 Å². The van der Waals surface area contributed by atoms with Crippen molar-refractivity contribution in [3.63, 3.8) is 0 Å². The van der Waals surface area contributed by atoms with E-state index in [-0.39, 0.29) is 68.0 Å². The smallest absolute Gasteiger partial charge is 0.347 e. The van der Waals surface area contributed by atoms with Crippen molar-refractivity contribution in [3.05, 3.63) is 65.7 Å². The fraction of sp³-hybridized carbons (Fsp3) is 0.600. The van der Waals surface area contributed by atoms with E-state index in [1.54, 1.807) is 36.4 Å². The lowest BCUT2D eigenvalue weighted by atomic mass is 9.33. The lowest BCUT2D eigenvalue weighted by Crippen LogP contribution is -2.66. The van der Waals surface area contributed by atoms with Crippen LogP contribution in [0.2, 0.25) is 0 Å². The van der Waals surface area contributed by atoms with Crippen LogP contribution in [0.4, 0.5) is 5.69 Å². The summed E-state index contributed by atoms with van der Waals surface area (Å²) in [5.74, 6) is -0.566. The summed E-state index contributed by atoms with van der Waals surface area (Å²) in [5.41, 5.74) is 0.848. The summed E-state index contributed by atoms with van der Waals surface area (Å²) in [7, 11) is 0. The van der Waals surface area contributed by atoms with Crippen LogP contribution in [0.3, 0.4) is 0 Å². The summed E-state index contributed by atoms with van der Waals surface area (Å²) in [6.07, 6.45) is 9.95. The number of nitrogens with one attached hydrogen (secondary N) is 1. The van der Waals surface area contributed by atoms with Gasteiger partial charge in [-0.3, -0.25) is 14.4 Å². The van der Waals surface area contributed by atoms with Gasteiger partial charge in [-0.15, -0.1) is 0 Å². The number of benzene rings is 2. The van der Waals surface area contributed by atoms with Crippen LogP contribution in [0.1, 0.15) is 124 Å². The number of fused-ring (bicyclic) bond motifs is 7. The zero-order chi connectivity index (χ0) is 39.6. The number of carbonyl (C=O) groups is 4. The molecule has 1 amide bonds. The van der Waals surface area contributed by atoms with Crippen LogP contribution in [-0.2, 0) is 14.4 Å². The van der Waals surface area contributed by atoms with E-state index >= 15 is 0 Å². The minimum absolute atomic E-state index is 0.0296. The number of phenolic OH excluding ortho intramolecular Hbond substituents is 1. The van der Waals surface area contributed by atoms with Gasteiger partial charge in [0.05, 0.1) is 11.5 Å². The molecule has 9 unspecified atom stereocenters. The molecule has 2 aromatic rings. The fourth-order valence-electron chi connectivity index (χ4n) is 12.0. The highest BCUT2D eigenvalue weighted by Crippen LogP contribution is 2.75. The average molecular weight is 742 g/mol. The molecule has 54 heavy (non-hydrogen) atoms. The maximum Gasteiger partial charge on any atom is 0.347 e. The third-order valence-corrected chi connectivity index (χ3v) is 15.6. The predicted molar refractivity (Wildman–Crippen MR) is 207 cm³/mol. The van der Waals surface area contributed by atoms with Crippen LogP contribution in [0.25, 0.3) is 0 Å². The molecular weight excluding hydrogens is 682 g/mol. The average Bonchev–Trinajstić information content (AvgIpc) is 3.09. The van der Waals surface area contributed by atoms with Gasteiger partial charge in [0.15, 0.2) is 5.78 Å². The van der Waals surface area contributed by atoms with Crippen molar-refractivity contribution in [1.29, 1.82) is 0 Å². The van der Waals surface area contributed by atoms with E-state index in [9.17, 15) is 34.5 Å². The Morgan fingerprint density at radius 1 is 0.833 bits per heavy atom. The van der Waals surface area contributed by atoms with Crippen molar-refractivity contribution >= 4 is 29.3 Å². The largest absolute Gasteiger partial charge is 0.507 e. The second-order valence-electron chi connectivity index (χ2n) is 19.0. The third kappa shape index (κ3) is 6.38. The van der Waals surface area contributed by atoms with Crippen LogP contribution in [0, 0.1) is 50.2 Å². The molecule has 0 saturated heterocycles. The number of aliphatic carboxylic acids is 1. The second-order valence-corrected chi connectivity index (χ2v) is 19.0. The first-order valence-corrected chi connectivity index (χ1v) is 19.7. The predicted octanol–water partition coefficient (Wildman–Crippen LogP) is 8.98. The number of amides is 1. The van der Waals surface area contributed by atoms with E-state index in [2.05, 4.69) is 46.9 Å². The number of rotatable bonds is 4. The second kappa shape index (κ2) is 13.6. The van der Waals surface area contributed by atoms with Gasteiger partial charge in [0, 0.05) is 18.5 Å². The molecule has 9 heteroatoms. The van der Waals surface area contributed by atoms with E-state index in [1.807, 2.05) is 13.0 Å². The quantitative estimate of drug-likeness (QED) is 0.179. The molecule has 292 valence electrons. The van der Waals surface area contributed by atoms with E-state index in [0.29, 0.717) is 23.8 Å². The molecule has 0 radical (unpaired) electrons. The van der Waals surface area contributed by atoms with Crippen LogP contribution in [0.5, 0.6) is 11.5 Å². The number of anilines is 1. The number of aliphatic hydroxyl groups is 1. The summed E-state index contributed by atoms with van der Waals surface area (Å²) in [4.78, 5) is 49.2. The van der Waals surface area contributed by atoms with Crippen LogP contribution >= 0.6 is 0 Å². The van der Waals surface area contributed by atoms with E-state index in [0.717, 1.165) is 51.4 Å². The highest BCUT2D eigenvalue weighted by molar-refractivity contribution is 5.96. The summed E-state index contributed by atoms with van der Waals surface area (Å²) in [5, 5.41) is 33.1. The van der Waals surface area contributed by atoms with Gasteiger partial charge in [-0.25, -0.2) is 4.79 Å². The van der Waals surface area contributed by atoms with Crippen molar-refractivity contribution in [1.82, 2.24) is 0 Å². The van der Waals surface area contributed by atoms with Crippen molar-refractivity contribution in [3.8, 4) is 11.5 Å². The molecule has 0 aliphatic heterocycles. The van der Waals surface area contributed by atoms with Gasteiger partial charge >= 0.3 is 11.9 Å². The van der Waals surface area contributed by atoms with Crippen molar-refractivity contribution in [2.45, 2.75) is 119 Å². The normalized spacial score (nSPS) is 37.7. The standard InChI is InChI=1S/C30H46O4.C15H13NO4/c1-25(2)21-8-11-30(7)23(28(21,5)10-9-22(25)32)20(31)16-18-19-17-27(4,24(33)34)13-12-26(19,3)14-15-29(18,30)6;1-10(17)16-11-6-8-12(9-7-11)20-15(19)13-4-2-3-5-14(13)18/h16,19,21-23,32H,8-15,17H2,1-7H3,(H,33,34);2-9,18H,1H3,(H,16,17). The number of aliphatic hydroxyl groups excluding tert-OH is 1. The van der Waals surface area contributed by atoms with E-state index in [4.69, 9.17) is 4.74 Å². The zero-order valence-corrected chi connectivity index (χ0v) is 33.3. The Balaban J connectivity index is 0.000000212. The Morgan fingerprint density at radius 2 is 1.48 bits per heavy atom. The van der Waals surface area contributed by atoms with E-state index < -0.39 is 17.4 Å². The number of ketones is 1. The van der Waals surface area contributed by atoms with Crippen molar-refractivity contribution in [2.75, 3.05) is 5.32 Å². The number of ether oxygens (including phenoxy) is 1. The molecule has 4 fully saturated rings. The molecule has 0 aromatic heterocycles. The Labute approximate surface area is 320 Å². The van der Waals surface area contributed by atoms with Crippen LogP contribution in [-0.4, -0.2) is 45.1 Å². The molecule has 9 atom stereocenters. The lowest BCUT2D eigenvalue weighted by molar-refractivity contribution is -0.202. The number of aromatic hydroxyl groups is 1. The minimum Gasteiger partial charge on any atom is -0.507 e. The maximum atomic E-state index is 14.2. The van der Waals surface area contributed by atoms with Crippen LogP contribution in [0.15, 0.2) is 60.2 Å². The number of carboxylic acid groups (broad SMARTS) is 1. The third-order valence-electron chi connectivity index (χ3n) is 15.6. The highest BCUT2D eigenvalue weighted by Gasteiger charge is 2.70. The van der Waals surface area contributed by atoms with Gasteiger partial charge in [-0.1, -0.05) is 59.2 Å². The van der Waals surface area contributed by atoms with Gasteiger partial charge < -0.3 is 25.4 Å². The van der Waals surface area contributed by atoms with Gasteiger partial charge in [0.2, 0.25) is 5.91 Å².